The Morgan fingerprint density at radius 2 is 2.29 bits per heavy atom. The van der Waals surface area contributed by atoms with Gasteiger partial charge in [-0.05, 0) is 0 Å². The normalized spacial score (nSPS) is 10.6. The molecule has 6 nitrogen and oxygen atoms in total. The van der Waals surface area contributed by atoms with Crippen molar-refractivity contribution in [1.29, 1.82) is 0 Å². The van der Waals surface area contributed by atoms with Crippen LogP contribution >= 0.6 is 0 Å². The average molecular weight is 192 g/mol. The minimum absolute atomic E-state index is 0.729. The fourth-order valence-corrected chi connectivity index (χ4v) is 1.35. The van der Waals surface area contributed by atoms with Crippen molar-refractivity contribution in [2.75, 3.05) is 5.73 Å². The van der Waals surface area contributed by atoms with E-state index >= 15 is 0 Å². The number of hydrogen-bond acceptors (Lipinski definition) is 4. The van der Waals surface area contributed by atoms with Crippen molar-refractivity contribution >= 4 is 5.69 Å². The fraction of sp³-hybridized carbons (Fsp3) is 0.375. The van der Waals surface area contributed by atoms with Crippen molar-refractivity contribution in [1.82, 2.24) is 24.5 Å². The maximum Gasteiger partial charge on any atom is 0.137 e. The zero-order chi connectivity index (χ0) is 9.97. The van der Waals surface area contributed by atoms with Crippen molar-refractivity contribution in [2.24, 2.45) is 7.05 Å². The van der Waals surface area contributed by atoms with Gasteiger partial charge in [-0.15, -0.1) is 0 Å². The molecule has 2 rings (SSSR count). The minimum Gasteiger partial charge on any atom is -0.396 e. The first-order valence-corrected chi connectivity index (χ1v) is 4.36. The molecule has 2 aromatic heterocycles. The summed E-state index contributed by atoms with van der Waals surface area (Å²) in [5.41, 5.74) is 7.51. The van der Waals surface area contributed by atoms with E-state index < -0.39 is 0 Å². The van der Waals surface area contributed by atoms with Crippen molar-refractivity contribution in [3.63, 3.8) is 0 Å². The van der Waals surface area contributed by atoms with Gasteiger partial charge in [0.15, 0.2) is 0 Å². The Bertz CT molecular complexity index is 382. The summed E-state index contributed by atoms with van der Waals surface area (Å²) in [4.78, 5) is 3.87. The lowest BCUT2D eigenvalue weighted by Gasteiger charge is -2.03. The molecule has 14 heavy (non-hydrogen) atoms. The molecule has 0 aliphatic heterocycles. The first kappa shape index (κ1) is 8.74. The van der Waals surface area contributed by atoms with E-state index in [-0.39, 0.29) is 0 Å². The maximum atomic E-state index is 5.75. The molecule has 6 heteroatoms. The standard InChI is InChI=1S/C8H12N6/c1-13-8(7(9)4-11-13)2-3-14-6-10-5-12-14/h4-6H,2-3,9H2,1H3. The molecule has 0 atom stereocenters. The summed E-state index contributed by atoms with van der Waals surface area (Å²) >= 11 is 0. The molecule has 0 amide bonds. The summed E-state index contributed by atoms with van der Waals surface area (Å²) in [7, 11) is 1.88. The van der Waals surface area contributed by atoms with E-state index in [0.717, 1.165) is 24.3 Å². The number of rotatable bonds is 3. The lowest BCUT2D eigenvalue weighted by atomic mass is 10.3. The molecule has 0 unspecified atom stereocenters. The number of nitrogens with zero attached hydrogens (tertiary/aromatic N) is 5. The monoisotopic (exact) mass is 192 g/mol. The van der Waals surface area contributed by atoms with Gasteiger partial charge < -0.3 is 5.73 Å². The molecule has 2 heterocycles. The molecule has 2 N–H and O–H groups in total. The number of hydrogen-bond donors (Lipinski definition) is 1. The average Bonchev–Trinajstić information content (AvgIpc) is 2.76. The van der Waals surface area contributed by atoms with Crippen LogP contribution in [0.4, 0.5) is 5.69 Å². The van der Waals surface area contributed by atoms with Gasteiger partial charge in [0.2, 0.25) is 0 Å². The molecular formula is C8H12N6. The Morgan fingerprint density at radius 3 is 2.86 bits per heavy atom. The van der Waals surface area contributed by atoms with Gasteiger partial charge in [0, 0.05) is 20.0 Å². The van der Waals surface area contributed by atoms with Crippen LogP contribution in [0, 0.1) is 0 Å². The highest BCUT2D eigenvalue weighted by atomic mass is 15.3. The van der Waals surface area contributed by atoms with Gasteiger partial charge in [-0.25, -0.2) is 4.98 Å². The van der Waals surface area contributed by atoms with Crippen LogP contribution in [0.3, 0.4) is 0 Å². The molecule has 0 saturated carbocycles. The van der Waals surface area contributed by atoms with Crippen molar-refractivity contribution in [2.45, 2.75) is 13.0 Å². The third kappa shape index (κ3) is 1.59. The maximum absolute atomic E-state index is 5.75. The van der Waals surface area contributed by atoms with E-state index in [0.29, 0.717) is 0 Å². The largest absolute Gasteiger partial charge is 0.396 e. The third-order valence-corrected chi connectivity index (χ3v) is 2.14. The first-order valence-electron chi connectivity index (χ1n) is 4.36. The number of nitrogens with two attached hydrogens (primary N) is 1. The highest BCUT2D eigenvalue weighted by Crippen LogP contribution is 2.10. The zero-order valence-electron chi connectivity index (χ0n) is 7.96. The van der Waals surface area contributed by atoms with Crippen molar-refractivity contribution in [3.05, 3.63) is 24.5 Å². The highest BCUT2D eigenvalue weighted by molar-refractivity contribution is 5.40. The molecule has 74 valence electrons. The van der Waals surface area contributed by atoms with Gasteiger partial charge in [-0.3, -0.25) is 9.36 Å². The van der Waals surface area contributed by atoms with E-state index in [1.54, 1.807) is 21.9 Å². The molecule has 0 aliphatic carbocycles. The first-order chi connectivity index (χ1) is 6.77. The Kier molecular flexibility index (Phi) is 2.18. The lowest BCUT2D eigenvalue weighted by Crippen LogP contribution is -2.07. The topological polar surface area (TPSA) is 74.6 Å². The van der Waals surface area contributed by atoms with E-state index in [1.807, 2.05) is 7.05 Å². The molecule has 0 fully saturated rings. The Balaban J connectivity index is 2.05. The summed E-state index contributed by atoms with van der Waals surface area (Å²) in [5.74, 6) is 0. The van der Waals surface area contributed by atoms with Crippen molar-refractivity contribution in [3.8, 4) is 0 Å². The summed E-state index contributed by atoms with van der Waals surface area (Å²) in [6, 6.07) is 0. The minimum atomic E-state index is 0.729. The summed E-state index contributed by atoms with van der Waals surface area (Å²) in [6.45, 7) is 0.768. The SMILES string of the molecule is Cn1ncc(N)c1CCn1cncn1. The molecule has 2 aromatic rings. The number of nitrogen functional groups attached to an aromatic ring is 1. The van der Waals surface area contributed by atoms with Crippen LogP contribution in [0.15, 0.2) is 18.9 Å². The van der Waals surface area contributed by atoms with E-state index in [9.17, 15) is 0 Å². The van der Waals surface area contributed by atoms with Gasteiger partial charge in [-0.1, -0.05) is 0 Å². The smallest absolute Gasteiger partial charge is 0.137 e. The summed E-state index contributed by atoms with van der Waals surface area (Å²) in [6.07, 6.45) is 5.68. The van der Waals surface area contributed by atoms with E-state index in [4.69, 9.17) is 5.73 Å². The number of aromatic nitrogens is 5. The molecule has 0 aliphatic rings. The van der Waals surface area contributed by atoms with Crippen LogP contribution in [0.2, 0.25) is 0 Å². The predicted molar refractivity (Wildman–Crippen MR) is 51.3 cm³/mol. The van der Waals surface area contributed by atoms with Gasteiger partial charge in [-0.2, -0.15) is 10.2 Å². The van der Waals surface area contributed by atoms with Crippen LogP contribution in [0.1, 0.15) is 5.69 Å². The van der Waals surface area contributed by atoms with Crippen LogP contribution < -0.4 is 5.73 Å². The quantitative estimate of drug-likeness (QED) is 0.733. The van der Waals surface area contributed by atoms with Crippen LogP contribution in [-0.2, 0) is 20.0 Å². The van der Waals surface area contributed by atoms with Crippen LogP contribution in [0.25, 0.3) is 0 Å². The van der Waals surface area contributed by atoms with E-state index in [2.05, 4.69) is 15.2 Å². The van der Waals surface area contributed by atoms with Gasteiger partial charge in [0.05, 0.1) is 17.6 Å². The molecule has 0 saturated heterocycles. The molecular weight excluding hydrogens is 180 g/mol. The van der Waals surface area contributed by atoms with E-state index in [1.165, 1.54) is 6.33 Å². The molecule has 0 aromatic carbocycles. The Hall–Kier alpha value is -1.85. The summed E-state index contributed by atoms with van der Waals surface area (Å²) < 4.78 is 3.55. The van der Waals surface area contributed by atoms with Gasteiger partial charge in [0.1, 0.15) is 12.7 Å². The zero-order valence-corrected chi connectivity index (χ0v) is 7.96. The van der Waals surface area contributed by atoms with Crippen LogP contribution in [0.5, 0.6) is 0 Å². The van der Waals surface area contributed by atoms with Gasteiger partial charge >= 0.3 is 0 Å². The van der Waals surface area contributed by atoms with Gasteiger partial charge in [0.25, 0.3) is 0 Å². The molecule has 0 spiro atoms. The highest BCUT2D eigenvalue weighted by Gasteiger charge is 2.04. The second kappa shape index (κ2) is 3.49. The summed E-state index contributed by atoms with van der Waals surface area (Å²) in [5, 5.41) is 8.07. The number of aryl methyl sites for hydroxylation is 2. The molecule has 0 bridgehead atoms. The number of anilines is 1. The Morgan fingerprint density at radius 1 is 1.43 bits per heavy atom. The second-order valence-corrected chi connectivity index (χ2v) is 3.08. The lowest BCUT2D eigenvalue weighted by molar-refractivity contribution is 0.585. The Labute approximate surface area is 81.4 Å². The third-order valence-electron chi connectivity index (χ3n) is 2.14. The molecule has 0 radical (unpaired) electrons. The predicted octanol–water partition coefficient (Wildman–Crippen LogP) is -0.164. The van der Waals surface area contributed by atoms with Crippen LogP contribution in [-0.4, -0.2) is 24.5 Å². The second-order valence-electron chi connectivity index (χ2n) is 3.08. The fourth-order valence-electron chi connectivity index (χ4n) is 1.35. The van der Waals surface area contributed by atoms with Crippen molar-refractivity contribution < 1.29 is 0 Å².